The number of rotatable bonds is 7. The van der Waals surface area contributed by atoms with Crippen LogP contribution in [0.5, 0.6) is 0 Å². The molecule has 2 nitrogen and oxygen atoms in total. The van der Waals surface area contributed by atoms with Crippen LogP contribution in [0.25, 0.3) is 0 Å². The summed E-state index contributed by atoms with van der Waals surface area (Å²) in [5.74, 6) is 0.421. The molecule has 2 aromatic rings. The predicted octanol–water partition coefficient (Wildman–Crippen LogP) is 4.63. The molecule has 0 saturated carbocycles. The minimum absolute atomic E-state index is 0.242. The van der Waals surface area contributed by atoms with Crippen LogP contribution in [0.2, 0.25) is 0 Å². The third kappa shape index (κ3) is 4.78. The average molecular weight is 312 g/mol. The smallest absolute Gasteiger partial charge is 0.333 e. The fourth-order valence-corrected chi connectivity index (χ4v) is 3.18. The molecular formula is C19H20O2S. The lowest BCUT2D eigenvalue weighted by Gasteiger charge is -2.17. The van der Waals surface area contributed by atoms with E-state index in [2.05, 4.69) is 30.8 Å². The van der Waals surface area contributed by atoms with E-state index in [1.54, 1.807) is 18.7 Å². The Morgan fingerprint density at radius 2 is 1.55 bits per heavy atom. The first kappa shape index (κ1) is 16.4. The van der Waals surface area contributed by atoms with Gasteiger partial charge in [-0.1, -0.05) is 67.2 Å². The van der Waals surface area contributed by atoms with Gasteiger partial charge in [-0.2, -0.15) is 0 Å². The molecule has 0 fully saturated rings. The van der Waals surface area contributed by atoms with Crippen molar-refractivity contribution in [2.45, 2.75) is 12.2 Å². The molecule has 3 heteroatoms. The molecule has 0 spiro atoms. The number of thioether (sulfide) groups is 1. The first-order valence-corrected chi connectivity index (χ1v) is 8.27. The highest BCUT2D eigenvalue weighted by Crippen LogP contribution is 2.35. The zero-order chi connectivity index (χ0) is 15.8. The molecule has 2 rings (SSSR count). The lowest BCUT2D eigenvalue weighted by atomic mass is 10.0. The number of benzene rings is 2. The number of carbonyl (C=O) groups is 1. The minimum atomic E-state index is -0.323. The number of carbonyl (C=O) groups excluding carboxylic acids is 1. The van der Waals surface area contributed by atoms with Crippen molar-refractivity contribution in [2.24, 2.45) is 0 Å². The molecule has 0 aromatic heterocycles. The number of ether oxygens (including phenoxy) is 1. The zero-order valence-corrected chi connectivity index (χ0v) is 13.5. The highest BCUT2D eigenvalue weighted by Gasteiger charge is 2.14. The Kier molecular flexibility index (Phi) is 6.28. The summed E-state index contributed by atoms with van der Waals surface area (Å²) >= 11 is 1.77. The molecule has 0 radical (unpaired) electrons. The second kappa shape index (κ2) is 8.44. The highest BCUT2D eigenvalue weighted by atomic mass is 32.2. The summed E-state index contributed by atoms with van der Waals surface area (Å²) in [5.41, 5.74) is 2.95. The first-order chi connectivity index (χ1) is 10.7. The van der Waals surface area contributed by atoms with Gasteiger partial charge in [0.1, 0.15) is 6.61 Å². The van der Waals surface area contributed by atoms with E-state index >= 15 is 0 Å². The van der Waals surface area contributed by atoms with Crippen molar-refractivity contribution in [3.8, 4) is 0 Å². The van der Waals surface area contributed by atoms with Gasteiger partial charge >= 0.3 is 5.97 Å². The lowest BCUT2D eigenvalue weighted by molar-refractivity contribution is -0.138. The van der Waals surface area contributed by atoms with Crippen molar-refractivity contribution in [2.75, 3.05) is 12.4 Å². The molecule has 0 heterocycles. The van der Waals surface area contributed by atoms with Crippen molar-refractivity contribution in [1.29, 1.82) is 0 Å². The summed E-state index contributed by atoms with van der Waals surface area (Å²) in [5, 5.41) is 0.242. The van der Waals surface area contributed by atoms with Crippen LogP contribution in [-0.2, 0) is 9.53 Å². The topological polar surface area (TPSA) is 26.3 Å². The molecule has 0 aliphatic carbocycles. The quantitative estimate of drug-likeness (QED) is 0.423. The van der Waals surface area contributed by atoms with Crippen LogP contribution in [0.1, 0.15) is 23.3 Å². The summed E-state index contributed by atoms with van der Waals surface area (Å²) in [7, 11) is 0. The van der Waals surface area contributed by atoms with Crippen molar-refractivity contribution in [3.05, 3.63) is 83.9 Å². The van der Waals surface area contributed by atoms with E-state index in [1.807, 2.05) is 36.4 Å². The van der Waals surface area contributed by atoms with Crippen molar-refractivity contribution < 1.29 is 9.53 Å². The van der Waals surface area contributed by atoms with E-state index in [9.17, 15) is 4.79 Å². The molecule has 2 aromatic carbocycles. The first-order valence-electron chi connectivity index (χ1n) is 7.22. The Labute approximate surface area is 136 Å². The third-order valence-electron chi connectivity index (χ3n) is 3.15. The van der Waals surface area contributed by atoms with E-state index in [-0.39, 0.29) is 11.2 Å². The Morgan fingerprint density at radius 3 is 2.00 bits per heavy atom. The number of esters is 1. The SMILES string of the molecule is C=C(C)C(=O)OCCSC(c1ccccc1)c1ccccc1. The molecule has 22 heavy (non-hydrogen) atoms. The summed E-state index contributed by atoms with van der Waals surface area (Å²) in [6.07, 6.45) is 0. The summed E-state index contributed by atoms with van der Waals surface area (Å²) < 4.78 is 5.17. The highest BCUT2D eigenvalue weighted by molar-refractivity contribution is 7.99. The van der Waals surface area contributed by atoms with Crippen LogP contribution in [0.4, 0.5) is 0 Å². The molecule has 0 aliphatic rings. The second-order valence-electron chi connectivity index (χ2n) is 4.99. The Morgan fingerprint density at radius 1 is 1.05 bits per heavy atom. The molecule has 0 aliphatic heterocycles. The number of hydrogen-bond acceptors (Lipinski definition) is 3. The van der Waals surface area contributed by atoms with Crippen molar-refractivity contribution in [1.82, 2.24) is 0 Å². The van der Waals surface area contributed by atoms with E-state index < -0.39 is 0 Å². The van der Waals surface area contributed by atoms with E-state index in [4.69, 9.17) is 4.74 Å². The van der Waals surface area contributed by atoms with Crippen LogP contribution in [-0.4, -0.2) is 18.3 Å². The Bertz CT molecular complexity index is 568. The van der Waals surface area contributed by atoms with E-state index in [0.717, 1.165) is 5.75 Å². The van der Waals surface area contributed by atoms with E-state index in [1.165, 1.54) is 11.1 Å². The monoisotopic (exact) mass is 312 g/mol. The minimum Gasteiger partial charge on any atom is -0.461 e. The Balaban J connectivity index is 2.01. The molecule has 0 atom stereocenters. The maximum atomic E-state index is 11.4. The molecule has 0 unspecified atom stereocenters. The molecule has 114 valence electrons. The maximum absolute atomic E-state index is 11.4. The van der Waals surface area contributed by atoms with Gasteiger partial charge in [-0.3, -0.25) is 0 Å². The third-order valence-corrected chi connectivity index (χ3v) is 4.43. The van der Waals surface area contributed by atoms with Crippen LogP contribution in [0, 0.1) is 0 Å². The van der Waals surface area contributed by atoms with Gasteiger partial charge in [0.25, 0.3) is 0 Å². The molecule has 0 N–H and O–H groups in total. The van der Waals surface area contributed by atoms with Crippen molar-refractivity contribution in [3.63, 3.8) is 0 Å². The van der Waals surface area contributed by atoms with Crippen LogP contribution in [0.15, 0.2) is 72.8 Å². The van der Waals surface area contributed by atoms with Crippen molar-refractivity contribution >= 4 is 17.7 Å². The molecular weight excluding hydrogens is 292 g/mol. The second-order valence-corrected chi connectivity index (χ2v) is 6.20. The fourth-order valence-electron chi connectivity index (χ4n) is 2.06. The summed E-state index contributed by atoms with van der Waals surface area (Å²) in [4.78, 5) is 11.4. The van der Waals surface area contributed by atoms with E-state index in [0.29, 0.717) is 12.2 Å². The van der Waals surface area contributed by atoms with Gasteiger partial charge in [0.2, 0.25) is 0 Å². The normalized spacial score (nSPS) is 10.5. The van der Waals surface area contributed by atoms with Crippen LogP contribution in [0.3, 0.4) is 0 Å². The number of hydrogen-bond donors (Lipinski definition) is 0. The van der Waals surface area contributed by atoms with Gasteiger partial charge in [0.15, 0.2) is 0 Å². The fraction of sp³-hybridized carbons (Fsp3) is 0.211. The van der Waals surface area contributed by atoms with Gasteiger partial charge < -0.3 is 4.74 Å². The van der Waals surface area contributed by atoms with Crippen LogP contribution < -0.4 is 0 Å². The maximum Gasteiger partial charge on any atom is 0.333 e. The van der Waals surface area contributed by atoms with Gasteiger partial charge in [-0.25, -0.2) is 4.79 Å². The van der Waals surface area contributed by atoms with Crippen LogP contribution >= 0.6 is 11.8 Å². The molecule has 0 amide bonds. The zero-order valence-electron chi connectivity index (χ0n) is 12.7. The average Bonchev–Trinajstić information content (AvgIpc) is 2.56. The van der Waals surface area contributed by atoms with Gasteiger partial charge in [-0.05, 0) is 18.1 Å². The molecule has 0 saturated heterocycles. The largest absolute Gasteiger partial charge is 0.461 e. The predicted molar refractivity (Wildman–Crippen MR) is 93.0 cm³/mol. The lowest BCUT2D eigenvalue weighted by Crippen LogP contribution is -2.09. The standard InChI is InChI=1S/C19H20O2S/c1-15(2)19(20)21-13-14-22-18(16-9-5-3-6-10-16)17-11-7-4-8-12-17/h3-12,18H,1,13-14H2,2H3. The van der Waals surface area contributed by atoms with Gasteiger partial charge in [-0.15, -0.1) is 11.8 Å². The summed E-state index contributed by atoms with van der Waals surface area (Å²) in [6, 6.07) is 20.7. The van der Waals surface area contributed by atoms with Gasteiger partial charge in [0, 0.05) is 11.3 Å². The summed E-state index contributed by atoms with van der Waals surface area (Å²) in [6.45, 7) is 5.64. The van der Waals surface area contributed by atoms with Gasteiger partial charge in [0.05, 0.1) is 5.25 Å². The Hall–Kier alpha value is -2.00. The molecule has 0 bridgehead atoms.